The first-order chi connectivity index (χ1) is 12.4. The summed E-state index contributed by atoms with van der Waals surface area (Å²) in [6.07, 6.45) is 10.4. The standard InChI is InChI=1S/C19H30O6S/c1-2-3-4-5-6-7-8-9-12-17-13-10-11-14-18(17)25-19(20)15-16-24-26(21,22)23/h10-11,13-14H,2-9,12,15-16H2,1H3,(H,21,22,23). The molecule has 0 aliphatic heterocycles. The molecule has 7 heteroatoms. The maximum absolute atomic E-state index is 11.8. The number of esters is 1. The number of carbonyl (C=O) groups excluding carboxylic acids is 1. The Morgan fingerprint density at radius 3 is 2.27 bits per heavy atom. The predicted molar refractivity (Wildman–Crippen MR) is 101 cm³/mol. The van der Waals surface area contributed by atoms with Crippen molar-refractivity contribution in [1.29, 1.82) is 0 Å². The van der Waals surface area contributed by atoms with E-state index in [-0.39, 0.29) is 6.42 Å². The van der Waals surface area contributed by atoms with E-state index in [0.29, 0.717) is 5.75 Å². The summed E-state index contributed by atoms with van der Waals surface area (Å²) in [4.78, 5) is 11.8. The SMILES string of the molecule is CCCCCCCCCCc1ccccc1OC(=O)CCOS(=O)(=O)O. The lowest BCUT2D eigenvalue weighted by Gasteiger charge is -2.10. The summed E-state index contributed by atoms with van der Waals surface area (Å²) in [5.74, 6) is -0.107. The molecular weight excluding hydrogens is 356 g/mol. The lowest BCUT2D eigenvalue weighted by molar-refractivity contribution is -0.134. The van der Waals surface area contributed by atoms with Crippen LogP contribution in [-0.2, 0) is 25.8 Å². The molecule has 26 heavy (non-hydrogen) atoms. The van der Waals surface area contributed by atoms with E-state index in [9.17, 15) is 13.2 Å². The Kier molecular flexibility index (Phi) is 11.2. The fourth-order valence-corrected chi connectivity index (χ4v) is 2.96. The smallest absolute Gasteiger partial charge is 0.397 e. The van der Waals surface area contributed by atoms with Gasteiger partial charge in [0.25, 0.3) is 0 Å². The van der Waals surface area contributed by atoms with Gasteiger partial charge in [-0.25, -0.2) is 4.18 Å². The Morgan fingerprint density at radius 2 is 1.62 bits per heavy atom. The number of rotatable bonds is 14. The second kappa shape index (κ2) is 12.8. The summed E-state index contributed by atoms with van der Waals surface area (Å²) in [6.45, 7) is 1.77. The number of unbranched alkanes of at least 4 members (excludes halogenated alkanes) is 7. The molecule has 0 saturated heterocycles. The zero-order chi connectivity index (χ0) is 19.3. The van der Waals surface area contributed by atoms with E-state index >= 15 is 0 Å². The molecule has 0 saturated carbocycles. The zero-order valence-corrected chi connectivity index (χ0v) is 16.3. The van der Waals surface area contributed by atoms with Crippen LogP contribution < -0.4 is 4.74 Å². The van der Waals surface area contributed by atoms with E-state index in [1.165, 1.54) is 38.5 Å². The summed E-state index contributed by atoms with van der Waals surface area (Å²) < 4.78 is 38.8. The van der Waals surface area contributed by atoms with Crippen LogP contribution in [0.3, 0.4) is 0 Å². The van der Waals surface area contributed by atoms with E-state index in [1.54, 1.807) is 12.1 Å². The van der Waals surface area contributed by atoms with Gasteiger partial charge in [0.05, 0.1) is 13.0 Å². The van der Waals surface area contributed by atoms with E-state index in [4.69, 9.17) is 9.29 Å². The predicted octanol–water partition coefficient (Wildman–Crippen LogP) is 4.48. The molecule has 0 fully saturated rings. The van der Waals surface area contributed by atoms with E-state index in [0.717, 1.165) is 24.8 Å². The minimum atomic E-state index is -4.53. The topological polar surface area (TPSA) is 89.9 Å². The van der Waals surface area contributed by atoms with Gasteiger partial charge in [0.2, 0.25) is 0 Å². The van der Waals surface area contributed by atoms with Gasteiger partial charge in [-0.1, -0.05) is 70.1 Å². The Morgan fingerprint density at radius 1 is 1.00 bits per heavy atom. The molecule has 0 unspecified atom stereocenters. The maximum Gasteiger partial charge on any atom is 0.397 e. The minimum absolute atomic E-state index is 0.258. The van der Waals surface area contributed by atoms with Crippen molar-refractivity contribution in [1.82, 2.24) is 0 Å². The number of hydrogen-bond donors (Lipinski definition) is 1. The van der Waals surface area contributed by atoms with Crippen molar-refractivity contribution in [2.45, 2.75) is 71.1 Å². The van der Waals surface area contributed by atoms with Crippen molar-refractivity contribution in [2.24, 2.45) is 0 Å². The summed E-state index contributed by atoms with van der Waals surface area (Å²) >= 11 is 0. The fourth-order valence-electron chi connectivity index (χ4n) is 2.66. The van der Waals surface area contributed by atoms with Crippen molar-refractivity contribution in [3.63, 3.8) is 0 Å². The largest absolute Gasteiger partial charge is 0.426 e. The van der Waals surface area contributed by atoms with Crippen LogP contribution in [0.4, 0.5) is 0 Å². The van der Waals surface area contributed by atoms with E-state index in [1.807, 2.05) is 12.1 Å². The van der Waals surface area contributed by atoms with Gasteiger partial charge in [-0.05, 0) is 24.5 Å². The third-order valence-electron chi connectivity index (χ3n) is 4.03. The van der Waals surface area contributed by atoms with Crippen LogP contribution in [0, 0.1) is 0 Å². The highest BCUT2D eigenvalue weighted by atomic mass is 32.3. The monoisotopic (exact) mass is 386 g/mol. The molecule has 1 N–H and O–H groups in total. The average molecular weight is 387 g/mol. The van der Waals surface area contributed by atoms with Gasteiger partial charge >= 0.3 is 16.4 Å². The Bertz CT molecular complexity index is 627. The molecule has 0 amide bonds. The highest BCUT2D eigenvalue weighted by Gasteiger charge is 2.11. The second-order valence-corrected chi connectivity index (χ2v) is 7.40. The second-order valence-electron chi connectivity index (χ2n) is 6.31. The van der Waals surface area contributed by atoms with Crippen molar-refractivity contribution in [2.75, 3.05) is 6.61 Å². The van der Waals surface area contributed by atoms with Crippen LogP contribution in [-0.4, -0.2) is 25.5 Å². The van der Waals surface area contributed by atoms with Gasteiger partial charge in [0.15, 0.2) is 0 Å². The molecule has 0 heterocycles. The van der Waals surface area contributed by atoms with Crippen molar-refractivity contribution in [3.05, 3.63) is 29.8 Å². The summed E-state index contributed by atoms with van der Waals surface area (Å²) in [5.41, 5.74) is 0.961. The molecule has 0 bridgehead atoms. The van der Waals surface area contributed by atoms with Gasteiger partial charge in [-0.15, -0.1) is 0 Å². The molecule has 0 atom stereocenters. The van der Waals surface area contributed by atoms with Crippen LogP contribution in [0.15, 0.2) is 24.3 Å². The maximum atomic E-state index is 11.8. The molecule has 0 aliphatic rings. The Balaban J connectivity index is 2.32. The molecule has 1 aromatic rings. The normalized spacial score (nSPS) is 11.5. The van der Waals surface area contributed by atoms with Crippen molar-refractivity contribution in [3.8, 4) is 5.75 Å². The molecule has 0 aromatic heterocycles. The van der Waals surface area contributed by atoms with Crippen LogP contribution in [0.25, 0.3) is 0 Å². The van der Waals surface area contributed by atoms with Crippen LogP contribution in [0.1, 0.15) is 70.3 Å². The third kappa shape index (κ3) is 11.2. The summed E-state index contributed by atoms with van der Waals surface area (Å²) in [7, 11) is -4.53. The molecule has 0 aliphatic carbocycles. The minimum Gasteiger partial charge on any atom is -0.426 e. The third-order valence-corrected chi connectivity index (χ3v) is 4.50. The van der Waals surface area contributed by atoms with E-state index < -0.39 is 23.0 Å². The first-order valence-corrected chi connectivity index (χ1v) is 10.7. The van der Waals surface area contributed by atoms with E-state index in [2.05, 4.69) is 11.1 Å². The molecule has 0 radical (unpaired) electrons. The first kappa shape index (κ1) is 22.6. The molecule has 148 valence electrons. The van der Waals surface area contributed by atoms with Crippen molar-refractivity contribution >= 4 is 16.4 Å². The van der Waals surface area contributed by atoms with Crippen LogP contribution in [0.2, 0.25) is 0 Å². The highest BCUT2D eigenvalue weighted by Crippen LogP contribution is 2.21. The van der Waals surface area contributed by atoms with Crippen LogP contribution in [0.5, 0.6) is 5.75 Å². The number of carbonyl (C=O) groups is 1. The fraction of sp³-hybridized carbons (Fsp3) is 0.632. The summed E-state index contributed by atoms with van der Waals surface area (Å²) in [6, 6.07) is 7.34. The average Bonchev–Trinajstić information content (AvgIpc) is 2.57. The number of ether oxygens (including phenoxy) is 1. The quantitative estimate of drug-likeness (QED) is 0.219. The molecule has 1 aromatic carbocycles. The summed E-state index contributed by atoms with van der Waals surface area (Å²) in [5, 5.41) is 0. The number of para-hydroxylation sites is 1. The molecule has 0 spiro atoms. The molecule has 1 rings (SSSR count). The lowest BCUT2D eigenvalue weighted by Crippen LogP contribution is -2.14. The number of benzene rings is 1. The Labute approximate surface area is 156 Å². The molecular formula is C19H30O6S. The lowest BCUT2D eigenvalue weighted by atomic mass is 10.0. The van der Waals surface area contributed by atoms with Gasteiger partial charge in [0, 0.05) is 0 Å². The first-order valence-electron chi connectivity index (χ1n) is 9.33. The van der Waals surface area contributed by atoms with Crippen LogP contribution >= 0.6 is 0 Å². The van der Waals surface area contributed by atoms with Gasteiger partial charge in [-0.2, -0.15) is 8.42 Å². The van der Waals surface area contributed by atoms with Crippen molar-refractivity contribution < 1.29 is 26.7 Å². The van der Waals surface area contributed by atoms with Gasteiger partial charge in [-0.3, -0.25) is 9.35 Å². The molecule has 6 nitrogen and oxygen atoms in total. The number of hydrogen-bond acceptors (Lipinski definition) is 5. The Hall–Kier alpha value is -1.44. The number of aryl methyl sites for hydroxylation is 1. The van der Waals surface area contributed by atoms with Gasteiger partial charge < -0.3 is 4.74 Å². The van der Waals surface area contributed by atoms with Gasteiger partial charge in [0.1, 0.15) is 5.75 Å². The zero-order valence-electron chi connectivity index (χ0n) is 15.5. The highest BCUT2D eigenvalue weighted by molar-refractivity contribution is 7.80.